The van der Waals surface area contributed by atoms with Crippen LogP contribution in [0.5, 0.6) is 0 Å². The summed E-state index contributed by atoms with van der Waals surface area (Å²) in [6, 6.07) is 2.72. The lowest BCUT2D eigenvalue weighted by atomic mass is 9.75. The Morgan fingerprint density at radius 1 is 1.19 bits per heavy atom. The van der Waals surface area contributed by atoms with E-state index in [0.29, 0.717) is 75.5 Å². The minimum atomic E-state index is -4.59. The number of ether oxygens (including phenoxy) is 2. The largest absolute Gasteiger partial charge is 0.444 e. The van der Waals surface area contributed by atoms with Crippen LogP contribution in [0, 0.1) is 0 Å². The van der Waals surface area contributed by atoms with Crippen molar-refractivity contribution in [2.45, 2.75) is 89.5 Å². The molecule has 1 saturated heterocycles. The van der Waals surface area contributed by atoms with Crippen molar-refractivity contribution in [3.8, 4) is 0 Å². The van der Waals surface area contributed by atoms with Crippen molar-refractivity contribution in [2.75, 3.05) is 31.6 Å². The van der Waals surface area contributed by atoms with E-state index >= 15 is 0 Å². The smallest absolute Gasteiger partial charge is 0.416 e. The molecule has 258 valence electrons. The van der Waals surface area contributed by atoms with E-state index in [1.165, 1.54) is 4.52 Å². The number of rotatable bonds is 4. The second kappa shape index (κ2) is 12.5. The minimum Gasteiger partial charge on any atom is -0.444 e. The molecule has 1 aliphatic carbocycles. The maximum atomic E-state index is 14.4. The van der Waals surface area contributed by atoms with Gasteiger partial charge in [0, 0.05) is 29.8 Å². The highest BCUT2D eigenvalue weighted by atomic mass is 35.5. The lowest BCUT2D eigenvalue weighted by Gasteiger charge is -2.29. The molecule has 11 nitrogen and oxygen atoms in total. The van der Waals surface area contributed by atoms with Crippen molar-refractivity contribution < 1.29 is 32.2 Å². The third-order valence-electron chi connectivity index (χ3n) is 9.20. The van der Waals surface area contributed by atoms with Gasteiger partial charge in [-0.15, -0.1) is 5.10 Å². The van der Waals surface area contributed by atoms with Crippen molar-refractivity contribution in [1.29, 1.82) is 0 Å². The van der Waals surface area contributed by atoms with Gasteiger partial charge in [0.2, 0.25) is 11.7 Å². The van der Waals surface area contributed by atoms with Gasteiger partial charge in [0.1, 0.15) is 12.1 Å². The molecule has 3 aliphatic rings. The van der Waals surface area contributed by atoms with Crippen LogP contribution in [-0.2, 0) is 32.4 Å². The molecule has 15 heteroatoms. The summed E-state index contributed by atoms with van der Waals surface area (Å²) in [6.07, 6.45) is -0.154. The van der Waals surface area contributed by atoms with Crippen LogP contribution >= 0.6 is 11.6 Å². The highest BCUT2D eigenvalue weighted by molar-refractivity contribution is 6.33. The standard InChI is InChI=1S/C33H38ClF3N6O5/c1-19-17-32(10-5-12-41(13-11-32)30(46)48-31(2,3)4)25-26(19)42(18-24(44)38-23-7-6-21(16-22(23)34)33(35,36)37)29-39-27(40-43(29)28(25)45)20-8-14-47-15-9-20/h6-8,16,19H,5,9-15,17-18H2,1-4H3,(H,38,44). The Labute approximate surface area is 280 Å². The number of alkyl halides is 3. The summed E-state index contributed by atoms with van der Waals surface area (Å²) < 4.78 is 53.6. The van der Waals surface area contributed by atoms with E-state index < -0.39 is 34.8 Å². The Hall–Kier alpha value is -3.91. The molecule has 48 heavy (non-hydrogen) atoms. The SMILES string of the molecule is CC1CC2(CCCN(C(=O)OC(C)(C)C)CC2)c2c1n(CC(=O)Nc1ccc(C(F)(F)F)cc1Cl)c1nc(C3=CCOCC3)nn1c2=O. The third kappa shape index (κ3) is 6.56. The number of likely N-dealkylation sites (tertiary alicyclic amines) is 1. The third-order valence-corrected chi connectivity index (χ3v) is 9.51. The fourth-order valence-electron chi connectivity index (χ4n) is 7.17. The van der Waals surface area contributed by atoms with E-state index in [-0.39, 0.29) is 34.5 Å². The fourth-order valence-corrected chi connectivity index (χ4v) is 7.40. The average molecular weight is 691 g/mol. The first kappa shape index (κ1) is 34.0. The molecule has 1 fully saturated rings. The number of carbonyl (C=O) groups is 2. The molecule has 1 N–H and O–H groups in total. The second-order valence-electron chi connectivity index (χ2n) is 13.8. The van der Waals surface area contributed by atoms with E-state index in [9.17, 15) is 27.6 Å². The summed E-state index contributed by atoms with van der Waals surface area (Å²) >= 11 is 6.14. The highest BCUT2D eigenvalue weighted by Crippen LogP contribution is 2.50. The number of fused-ring (bicyclic) bond motifs is 3. The zero-order valence-corrected chi connectivity index (χ0v) is 28.0. The number of hydrogen-bond donors (Lipinski definition) is 1. The van der Waals surface area contributed by atoms with Gasteiger partial charge in [-0.3, -0.25) is 9.59 Å². The Morgan fingerprint density at radius 3 is 2.62 bits per heavy atom. The fraction of sp³-hybridized carbons (Fsp3) is 0.545. The lowest BCUT2D eigenvalue weighted by Crippen LogP contribution is -2.39. The number of aromatic nitrogens is 4. The monoisotopic (exact) mass is 690 g/mol. The zero-order chi connectivity index (χ0) is 34.6. The van der Waals surface area contributed by atoms with Crippen LogP contribution in [0.3, 0.4) is 0 Å². The minimum absolute atomic E-state index is 0.0217. The lowest BCUT2D eigenvalue weighted by molar-refractivity contribution is -0.137. The number of halogens is 4. The molecule has 1 spiro atoms. The van der Waals surface area contributed by atoms with Crippen LogP contribution < -0.4 is 10.9 Å². The van der Waals surface area contributed by atoms with Gasteiger partial charge in [0.15, 0.2) is 5.82 Å². The molecule has 2 atom stereocenters. The zero-order valence-electron chi connectivity index (χ0n) is 27.2. The van der Waals surface area contributed by atoms with Gasteiger partial charge in [0.25, 0.3) is 5.56 Å². The molecule has 2 unspecified atom stereocenters. The molecule has 0 radical (unpaired) electrons. The van der Waals surface area contributed by atoms with Gasteiger partial charge in [-0.2, -0.15) is 22.7 Å². The van der Waals surface area contributed by atoms with Crippen LogP contribution in [0.25, 0.3) is 11.4 Å². The molecule has 0 bridgehead atoms. The van der Waals surface area contributed by atoms with Crippen LogP contribution in [0.4, 0.5) is 23.7 Å². The molecule has 2 aromatic heterocycles. The number of benzene rings is 1. The van der Waals surface area contributed by atoms with Gasteiger partial charge in [0.05, 0.1) is 29.5 Å². The summed E-state index contributed by atoms with van der Waals surface area (Å²) in [5.41, 5.74) is -0.435. The molecule has 1 aromatic carbocycles. The van der Waals surface area contributed by atoms with Gasteiger partial charge in [-0.25, -0.2) is 4.79 Å². The van der Waals surface area contributed by atoms with Crippen molar-refractivity contribution >= 4 is 40.6 Å². The van der Waals surface area contributed by atoms with Crippen molar-refractivity contribution in [3.63, 3.8) is 0 Å². The predicted octanol–water partition coefficient (Wildman–Crippen LogP) is 6.17. The average Bonchev–Trinajstić information content (AvgIpc) is 3.49. The molecule has 6 rings (SSSR count). The summed E-state index contributed by atoms with van der Waals surface area (Å²) in [7, 11) is 0. The summed E-state index contributed by atoms with van der Waals surface area (Å²) in [5, 5.41) is 7.00. The van der Waals surface area contributed by atoms with E-state index in [4.69, 9.17) is 26.1 Å². The normalized spacial score (nSPS) is 21.6. The first-order valence-corrected chi connectivity index (χ1v) is 16.4. The molecule has 2 aliphatic heterocycles. The Morgan fingerprint density at radius 2 is 1.96 bits per heavy atom. The first-order valence-electron chi connectivity index (χ1n) is 16.0. The van der Waals surface area contributed by atoms with Crippen molar-refractivity contribution in [1.82, 2.24) is 24.1 Å². The molecular weight excluding hydrogens is 653 g/mol. The molecule has 3 aromatic rings. The maximum Gasteiger partial charge on any atom is 0.416 e. The molecular formula is C33H38ClF3N6O5. The van der Waals surface area contributed by atoms with Crippen molar-refractivity contribution in [3.05, 3.63) is 62.3 Å². The van der Waals surface area contributed by atoms with Crippen LogP contribution in [0.2, 0.25) is 5.02 Å². The maximum absolute atomic E-state index is 14.4. The molecule has 2 amide bonds. The quantitative estimate of drug-likeness (QED) is 0.348. The molecule has 0 saturated carbocycles. The first-order chi connectivity index (χ1) is 22.6. The van der Waals surface area contributed by atoms with Gasteiger partial charge in [-0.1, -0.05) is 24.6 Å². The topological polar surface area (TPSA) is 120 Å². The van der Waals surface area contributed by atoms with Gasteiger partial charge < -0.3 is 24.3 Å². The highest BCUT2D eigenvalue weighted by Gasteiger charge is 2.48. The summed E-state index contributed by atoms with van der Waals surface area (Å²) in [5.74, 6) is -0.180. The summed E-state index contributed by atoms with van der Waals surface area (Å²) in [4.78, 5) is 47.4. The van der Waals surface area contributed by atoms with E-state index in [1.807, 2.05) is 33.8 Å². The van der Waals surface area contributed by atoms with Crippen LogP contribution in [0.1, 0.15) is 88.4 Å². The summed E-state index contributed by atoms with van der Waals surface area (Å²) in [6.45, 7) is 8.89. The molecule has 4 heterocycles. The number of hydrogen-bond acceptors (Lipinski definition) is 7. The van der Waals surface area contributed by atoms with Crippen LogP contribution in [-0.4, -0.2) is 68.0 Å². The number of nitrogens with zero attached hydrogens (tertiary/aromatic N) is 5. The second-order valence-corrected chi connectivity index (χ2v) is 14.2. The Kier molecular flexibility index (Phi) is 8.86. The predicted molar refractivity (Wildman–Crippen MR) is 172 cm³/mol. The van der Waals surface area contributed by atoms with Gasteiger partial charge in [-0.05, 0) is 82.6 Å². The van der Waals surface area contributed by atoms with Crippen molar-refractivity contribution in [2.24, 2.45) is 0 Å². The van der Waals surface area contributed by atoms with Crippen LogP contribution in [0.15, 0.2) is 29.1 Å². The van der Waals surface area contributed by atoms with E-state index in [0.717, 1.165) is 23.8 Å². The van der Waals surface area contributed by atoms with E-state index in [2.05, 4.69) is 10.4 Å². The Balaban J connectivity index is 1.41. The number of nitrogens with one attached hydrogen (secondary N) is 1. The van der Waals surface area contributed by atoms with E-state index in [1.54, 1.807) is 9.47 Å². The number of carbonyl (C=O) groups excluding carboxylic acids is 2. The Bertz CT molecular complexity index is 1860. The number of amides is 2. The number of anilines is 1. The van der Waals surface area contributed by atoms with Gasteiger partial charge >= 0.3 is 12.3 Å².